The molecule has 5 nitrogen and oxygen atoms in total. The maximum Gasteiger partial charge on any atom is 0.222 e. The van der Waals surface area contributed by atoms with Crippen molar-refractivity contribution < 1.29 is 14.3 Å². The van der Waals surface area contributed by atoms with Gasteiger partial charge in [0.2, 0.25) is 5.91 Å². The lowest BCUT2D eigenvalue weighted by Gasteiger charge is -2.35. The van der Waals surface area contributed by atoms with E-state index in [4.69, 9.17) is 9.47 Å². The molecule has 0 aliphatic carbocycles. The summed E-state index contributed by atoms with van der Waals surface area (Å²) in [5, 5.41) is 0. The minimum Gasteiger partial charge on any atom is -0.497 e. The first kappa shape index (κ1) is 19.2. The van der Waals surface area contributed by atoms with E-state index in [9.17, 15) is 4.79 Å². The van der Waals surface area contributed by atoms with Gasteiger partial charge in [-0.15, -0.1) is 0 Å². The molecule has 1 heterocycles. The second-order valence-corrected chi connectivity index (χ2v) is 6.82. The molecule has 27 heavy (non-hydrogen) atoms. The molecule has 0 N–H and O–H groups in total. The van der Waals surface area contributed by atoms with E-state index in [1.165, 1.54) is 5.56 Å². The number of benzene rings is 2. The Morgan fingerprint density at radius 2 is 1.63 bits per heavy atom. The number of aryl methyl sites for hydroxylation is 1. The standard InChI is InChI=1S/C22H28N2O3/c1-26-20-10-7-18(8-11-20)17-23-13-15-24(16-14-23)22(25)12-9-19-5-3-4-6-21(19)27-2/h3-8,10-11H,9,12-17H2,1-2H3. The number of hydrogen-bond donors (Lipinski definition) is 0. The first-order valence-corrected chi connectivity index (χ1v) is 9.44. The molecule has 0 spiro atoms. The number of nitrogens with zero attached hydrogens (tertiary/aromatic N) is 2. The number of para-hydroxylation sites is 1. The van der Waals surface area contributed by atoms with Crippen LogP contribution in [0, 0.1) is 0 Å². The number of hydrogen-bond acceptors (Lipinski definition) is 4. The average molecular weight is 368 g/mol. The third-order valence-corrected chi connectivity index (χ3v) is 5.09. The predicted molar refractivity (Wildman–Crippen MR) is 106 cm³/mol. The lowest BCUT2D eigenvalue weighted by Crippen LogP contribution is -2.48. The summed E-state index contributed by atoms with van der Waals surface area (Å²) < 4.78 is 10.6. The Morgan fingerprint density at radius 3 is 2.30 bits per heavy atom. The second-order valence-electron chi connectivity index (χ2n) is 6.82. The Labute approximate surface area is 161 Å². The molecule has 0 aromatic heterocycles. The smallest absolute Gasteiger partial charge is 0.222 e. The van der Waals surface area contributed by atoms with E-state index >= 15 is 0 Å². The first-order chi connectivity index (χ1) is 13.2. The topological polar surface area (TPSA) is 42.0 Å². The number of piperazine rings is 1. The van der Waals surface area contributed by atoms with E-state index in [2.05, 4.69) is 17.0 Å². The van der Waals surface area contributed by atoms with Gasteiger partial charge in [0.05, 0.1) is 14.2 Å². The molecule has 144 valence electrons. The molecule has 1 saturated heterocycles. The van der Waals surface area contributed by atoms with Crippen LogP contribution < -0.4 is 9.47 Å². The Kier molecular flexibility index (Phi) is 6.71. The van der Waals surface area contributed by atoms with Gasteiger partial charge in [0.15, 0.2) is 0 Å². The van der Waals surface area contributed by atoms with Gasteiger partial charge < -0.3 is 14.4 Å². The number of amides is 1. The van der Waals surface area contributed by atoms with Gasteiger partial charge in [0, 0.05) is 39.1 Å². The summed E-state index contributed by atoms with van der Waals surface area (Å²) in [5.41, 5.74) is 2.36. The molecule has 0 bridgehead atoms. The van der Waals surface area contributed by atoms with Crippen molar-refractivity contribution >= 4 is 5.91 Å². The molecule has 1 aliphatic heterocycles. The minimum absolute atomic E-state index is 0.227. The van der Waals surface area contributed by atoms with E-state index in [1.807, 2.05) is 41.3 Å². The number of methoxy groups -OCH3 is 2. The van der Waals surface area contributed by atoms with Crippen LogP contribution in [0.2, 0.25) is 0 Å². The van der Waals surface area contributed by atoms with Crippen LogP contribution in [0.4, 0.5) is 0 Å². The largest absolute Gasteiger partial charge is 0.497 e. The van der Waals surface area contributed by atoms with Crippen LogP contribution in [0.15, 0.2) is 48.5 Å². The third kappa shape index (κ3) is 5.23. The second kappa shape index (κ2) is 9.42. The Hall–Kier alpha value is -2.53. The molecule has 1 amide bonds. The lowest BCUT2D eigenvalue weighted by atomic mass is 10.1. The van der Waals surface area contributed by atoms with Gasteiger partial charge in [-0.25, -0.2) is 0 Å². The average Bonchev–Trinajstić information content (AvgIpc) is 2.73. The highest BCUT2D eigenvalue weighted by Crippen LogP contribution is 2.20. The van der Waals surface area contributed by atoms with Crippen LogP contribution >= 0.6 is 0 Å². The van der Waals surface area contributed by atoms with Crippen LogP contribution in [0.1, 0.15) is 17.5 Å². The summed E-state index contributed by atoms with van der Waals surface area (Å²) in [6, 6.07) is 16.1. The van der Waals surface area contributed by atoms with Crippen molar-refractivity contribution in [1.29, 1.82) is 0 Å². The molecule has 0 radical (unpaired) electrons. The van der Waals surface area contributed by atoms with Gasteiger partial charge in [-0.1, -0.05) is 30.3 Å². The number of ether oxygens (including phenoxy) is 2. The van der Waals surface area contributed by atoms with Crippen molar-refractivity contribution in [2.45, 2.75) is 19.4 Å². The number of carbonyl (C=O) groups excluding carboxylic acids is 1. The summed E-state index contributed by atoms with van der Waals surface area (Å²) in [6.07, 6.45) is 1.24. The number of rotatable bonds is 7. The van der Waals surface area contributed by atoms with Crippen LogP contribution in [-0.4, -0.2) is 56.1 Å². The molecule has 1 aliphatic rings. The lowest BCUT2D eigenvalue weighted by molar-refractivity contribution is -0.133. The van der Waals surface area contributed by atoms with Gasteiger partial charge in [-0.2, -0.15) is 0 Å². The van der Waals surface area contributed by atoms with Crippen molar-refractivity contribution in [3.05, 3.63) is 59.7 Å². The van der Waals surface area contributed by atoms with Crippen molar-refractivity contribution in [2.75, 3.05) is 40.4 Å². The molecular formula is C22H28N2O3. The van der Waals surface area contributed by atoms with Crippen LogP contribution in [0.3, 0.4) is 0 Å². The van der Waals surface area contributed by atoms with Crippen molar-refractivity contribution in [1.82, 2.24) is 9.80 Å². The van der Waals surface area contributed by atoms with Crippen LogP contribution in [0.5, 0.6) is 11.5 Å². The molecule has 1 fully saturated rings. The molecular weight excluding hydrogens is 340 g/mol. The molecule has 3 rings (SSSR count). The quantitative estimate of drug-likeness (QED) is 0.754. The van der Waals surface area contributed by atoms with Gasteiger partial charge in [0.25, 0.3) is 0 Å². The first-order valence-electron chi connectivity index (χ1n) is 9.44. The third-order valence-electron chi connectivity index (χ3n) is 5.09. The predicted octanol–water partition coefficient (Wildman–Crippen LogP) is 2.98. The van der Waals surface area contributed by atoms with Crippen molar-refractivity contribution in [3.8, 4) is 11.5 Å². The monoisotopic (exact) mass is 368 g/mol. The normalized spacial score (nSPS) is 14.8. The molecule has 0 atom stereocenters. The Balaban J connectivity index is 1.44. The van der Waals surface area contributed by atoms with Crippen LogP contribution in [-0.2, 0) is 17.8 Å². The fraction of sp³-hybridized carbons (Fsp3) is 0.409. The summed E-state index contributed by atoms with van der Waals surface area (Å²) in [6.45, 7) is 4.31. The summed E-state index contributed by atoms with van der Waals surface area (Å²) in [4.78, 5) is 16.9. The van der Waals surface area contributed by atoms with Crippen molar-refractivity contribution in [2.24, 2.45) is 0 Å². The van der Waals surface area contributed by atoms with Gasteiger partial charge in [-0.05, 0) is 35.7 Å². The highest BCUT2D eigenvalue weighted by atomic mass is 16.5. The van der Waals surface area contributed by atoms with E-state index in [0.717, 1.165) is 56.2 Å². The van der Waals surface area contributed by atoms with Gasteiger partial charge in [0.1, 0.15) is 11.5 Å². The summed E-state index contributed by atoms with van der Waals surface area (Å²) in [7, 11) is 3.35. The SMILES string of the molecule is COc1ccc(CN2CCN(C(=O)CCc3ccccc3OC)CC2)cc1. The Bertz CT molecular complexity index is 737. The fourth-order valence-electron chi connectivity index (χ4n) is 3.45. The Morgan fingerprint density at radius 1 is 0.926 bits per heavy atom. The number of carbonyl (C=O) groups is 1. The zero-order valence-electron chi connectivity index (χ0n) is 16.2. The van der Waals surface area contributed by atoms with Gasteiger partial charge in [-0.3, -0.25) is 9.69 Å². The molecule has 0 unspecified atom stereocenters. The van der Waals surface area contributed by atoms with E-state index in [1.54, 1.807) is 14.2 Å². The highest BCUT2D eigenvalue weighted by molar-refractivity contribution is 5.76. The summed E-state index contributed by atoms with van der Waals surface area (Å²) >= 11 is 0. The zero-order chi connectivity index (χ0) is 19.1. The molecule has 2 aromatic rings. The summed E-state index contributed by atoms with van der Waals surface area (Å²) in [5.74, 6) is 1.96. The molecule has 5 heteroatoms. The van der Waals surface area contributed by atoms with E-state index in [0.29, 0.717) is 6.42 Å². The highest BCUT2D eigenvalue weighted by Gasteiger charge is 2.21. The van der Waals surface area contributed by atoms with Gasteiger partial charge >= 0.3 is 0 Å². The zero-order valence-corrected chi connectivity index (χ0v) is 16.2. The minimum atomic E-state index is 0.227. The maximum absolute atomic E-state index is 12.6. The van der Waals surface area contributed by atoms with E-state index < -0.39 is 0 Å². The van der Waals surface area contributed by atoms with E-state index in [-0.39, 0.29) is 5.91 Å². The molecule has 2 aromatic carbocycles. The molecule has 0 saturated carbocycles. The fourth-order valence-corrected chi connectivity index (χ4v) is 3.45. The van der Waals surface area contributed by atoms with Crippen LogP contribution in [0.25, 0.3) is 0 Å². The van der Waals surface area contributed by atoms with Crippen molar-refractivity contribution in [3.63, 3.8) is 0 Å². The maximum atomic E-state index is 12.6.